The Kier molecular flexibility index (Phi) is 4.26. The molecular formula is C2H12N5P. The molecule has 3 atom stereocenters. The average Bonchev–Trinajstić information content (AvgIpc) is 1.84. The maximum absolute atomic E-state index is 4.95. The van der Waals surface area contributed by atoms with Gasteiger partial charge in [0.15, 0.2) is 0 Å². The largest absolute Gasteiger partial charge is 0.386 e. The van der Waals surface area contributed by atoms with Crippen LogP contribution in [0.25, 0.3) is 10.7 Å². The van der Waals surface area contributed by atoms with Crippen molar-refractivity contribution >= 4 is 9.39 Å². The van der Waals surface area contributed by atoms with Crippen molar-refractivity contribution in [1.29, 1.82) is 0 Å². The molecule has 0 amide bonds. The molecule has 0 radical (unpaired) electrons. The van der Waals surface area contributed by atoms with E-state index in [1.54, 1.807) is 0 Å². The highest BCUT2D eigenvalue weighted by Gasteiger charge is 1.88. The Balaban J connectivity index is 3.29. The number of nitrogens with zero attached hydrogens (tertiary/aromatic N) is 2. The van der Waals surface area contributed by atoms with Gasteiger partial charge in [-0.05, 0) is 0 Å². The van der Waals surface area contributed by atoms with Gasteiger partial charge in [-0.3, -0.25) is 5.12 Å². The molecule has 0 rings (SSSR count). The number of hydrogen-bond acceptors (Lipinski definition) is 1. The fourth-order valence-electron chi connectivity index (χ4n) is 0.187. The molecule has 0 aliphatic heterocycles. The normalized spacial score (nSPS) is 18.0. The summed E-state index contributed by atoms with van der Waals surface area (Å²) in [5.41, 5.74) is 3.43. The molecule has 6 heteroatoms. The third kappa shape index (κ3) is 2.52. The first kappa shape index (κ1) is 8.23. The summed E-state index contributed by atoms with van der Waals surface area (Å²) in [5, 5.41) is 5.39. The lowest BCUT2D eigenvalue weighted by molar-refractivity contribution is -1.45. The van der Waals surface area contributed by atoms with Crippen molar-refractivity contribution in [3.8, 4) is 0 Å². The zero-order valence-corrected chi connectivity index (χ0v) is 6.20. The second-order valence-electron chi connectivity index (χ2n) is 1.43. The van der Waals surface area contributed by atoms with Crippen molar-refractivity contribution in [2.75, 3.05) is 14.1 Å². The summed E-state index contributed by atoms with van der Waals surface area (Å²) in [5.74, 6) is 4.95. The van der Waals surface area contributed by atoms with Crippen LogP contribution in [0.3, 0.4) is 0 Å². The van der Waals surface area contributed by atoms with Gasteiger partial charge in [0, 0.05) is 0 Å². The number of rotatable bonds is 3. The first-order chi connectivity index (χ1) is 3.72. The molecule has 0 aromatic heterocycles. The van der Waals surface area contributed by atoms with E-state index in [9.17, 15) is 0 Å². The van der Waals surface area contributed by atoms with E-state index in [4.69, 9.17) is 5.84 Å². The molecule has 0 aliphatic rings. The topological polar surface area (TPSA) is 63.1 Å². The summed E-state index contributed by atoms with van der Waals surface area (Å²) in [6, 6.07) is 0. The van der Waals surface area contributed by atoms with E-state index in [2.05, 4.69) is 20.1 Å². The lowest BCUT2D eigenvalue weighted by Gasteiger charge is -2.34. The second-order valence-corrected chi connectivity index (χ2v) is 1.69. The molecule has 0 fully saturated rings. The van der Waals surface area contributed by atoms with E-state index in [1.165, 1.54) is 0 Å². The fourth-order valence-corrected chi connectivity index (χ4v) is 0.374. The molecule has 0 aliphatic carbocycles. The van der Waals surface area contributed by atoms with Gasteiger partial charge in [-0.1, -0.05) is 0 Å². The first-order valence-electron chi connectivity index (χ1n) is 2.21. The summed E-state index contributed by atoms with van der Waals surface area (Å²) < 4.78 is 0. The van der Waals surface area contributed by atoms with E-state index in [1.807, 2.05) is 14.1 Å². The number of nitrogens with one attached hydrogen (secondary N) is 2. The lowest BCUT2D eigenvalue weighted by Crippen LogP contribution is -3.53. The van der Waals surface area contributed by atoms with Gasteiger partial charge in [-0.25, -0.2) is 14.5 Å². The van der Waals surface area contributed by atoms with Crippen LogP contribution >= 0.6 is 9.39 Å². The van der Waals surface area contributed by atoms with Crippen LogP contribution in [-0.2, 0) is 0 Å². The molecule has 0 spiro atoms. The quantitative estimate of drug-likeness (QED) is 0.219. The molecule has 0 saturated heterocycles. The van der Waals surface area contributed by atoms with Gasteiger partial charge in [0.25, 0.3) is 0 Å². The minimum Gasteiger partial charge on any atom is -0.386 e. The Hall–Kier alpha value is 0.230. The highest BCUT2D eigenvalue weighted by molar-refractivity contribution is 7.19. The monoisotopic (exact) mass is 137 g/mol. The van der Waals surface area contributed by atoms with Crippen LogP contribution in [0.5, 0.6) is 0 Å². The Morgan fingerprint density at radius 3 is 2.00 bits per heavy atom. The summed E-state index contributed by atoms with van der Waals surface area (Å²) in [6.45, 7) is 0. The lowest BCUT2D eigenvalue weighted by atomic mass is 11.3. The standard InChI is InChI=1S/C2H12N5P/c1-6(4-3)7(2)5-8/h6-7H,3,8H2,1-2H3. The van der Waals surface area contributed by atoms with Crippen molar-refractivity contribution in [1.82, 2.24) is 0 Å². The predicted octanol–water partition coefficient (Wildman–Crippen LogP) is -2.83. The smallest absolute Gasteiger partial charge is 0.101 e. The summed E-state index contributed by atoms with van der Waals surface area (Å²) in [6.07, 6.45) is 0. The van der Waals surface area contributed by atoms with Crippen molar-refractivity contribution < 1.29 is 10.2 Å². The molecule has 0 heterocycles. The van der Waals surface area contributed by atoms with Crippen LogP contribution in [0.4, 0.5) is 0 Å². The van der Waals surface area contributed by atoms with Crippen LogP contribution in [0.1, 0.15) is 0 Å². The van der Waals surface area contributed by atoms with Gasteiger partial charge in [0.05, 0.1) is 0 Å². The predicted molar refractivity (Wildman–Crippen MR) is 34.4 cm³/mol. The van der Waals surface area contributed by atoms with Crippen molar-refractivity contribution in [2.45, 2.75) is 0 Å². The summed E-state index contributed by atoms with van der Waals surface area (Å²) >= 11 is 0. The molecule has 0 aromatic carbocycles. The molecule has 0 saturated carbocycles. The van der Waals surface area contributed by atoms with Gasteiger partial charge < -0.3 is 16.6 Å². The van der Waals surface area contributed by atoms with E-state index in [0.717, 1.165) is 10.2 Å². The Labute approximate surface area is 51.3 Å². The number of quaternary nitrogens is 2. The van der Waals surface area contributed by atoms with Crippen LogP contribution in [0.15, 0.2) is 0 Å². The molecule has 50 valence electrons. The zero-order chi connectivity index (χ0) is 6.57. The Morgan fingerprint density at radius 1 is 1.38 bits per heavy atom. The third-order valence-electron chi connectivity index (χ3n) is 0.911. The van der Waals surface area contributed by atoms with Crippen LogP contribution < -0.4 is 16.1 Å². The molecule has 0 aromatic rings. The van der Waals surface area contributed by atoms with Gasteiger partial charge in [-0.2, -0.15) is 0 Å². The molecular weight excluding hydrogens is 125 g/mol. The molecule has 3 unspecified atom stereocenters. The van der Waals surface area contributed by atoms with Gasteiger partial charge in [0.1, 0.15) is 14.1 Å². The molecule has 5 nitrogen and oxygen atoms in total. The third-order valence-corrected chi connectivity index (χ3v) is 1.30. The van der Waals surface area contributed by atoms with Gasteiger partial charge in [0.2, 0.25) is 0 Å². The summed E-state index contributed by atoms with van der Waals surface area (Å²) in [4.78, 5) is 0. The van der Waals surface area contributed by atoms with Crippen LogP contribution in [0.2, 0.25) is 0 Å². The SMILES string of the molecule is C[NH+]([N-]N)[NH+](C)[N-]P. The number of nitrogens with two attached hydrogens (primary N) is 1. The van der Waals surface area contributed by atoms with Gasteiger partial charge in [-0.15, -0.1) is 0 Å². The fraction of sp³-hybridized carbons (Fsp3) is 1.00. The van der Waals surface area contributed by atoms with E-state index < -0.39 is 0 Å². The molecule has 0 bridgehead atoms. The molecule has 4 N–H and O–H groups in total. The highest BCUT2D eigenvalue weighted by atomic mass is 31.0. The Bertz CT molecular complexity index is 50.4. The minimum atomic E-state index is 0.764. The maximum Gasteiger partial charge on any atom is 0.101 e. The van der Waals surface area contributed by atoms with E-state index >= 15 is 0 Å². The number of hydrogen-bond donors (Lipinski definition) is 3. The van der Waals surface area contributed by atoms with Crippen molar-refractivity contribution in [3.05, 3.63) is 10.7 Å². The van der Waals surface area contributed by atoms with Crippen molar-refractivity contribution in [3.63, 3.8) is 0 Å². The van der Waals surface area contributed by atoms with E-state index in [0.29, 0.717) is 0 Å². The van der Waals surface area contributed by atoms with Crippen LogP contribution in [-0.4, -0.2) is 14.1 Å². The Morgan fingerprint density at radius 2 is 1.88 bits per heavy atom. The summed E-state index contributed by atoms with van der Waals surface area (Å²) in [7, 11) is 5.90. The van der Waals surface area contributed by atoms with Crippen molar-refractivity contribution in [2.24, 2.45) is 5.84 Å². The highest BCUT2D eigenvalue weighted by Crippen LogP contribution is 1.76. The average molecular weight is 137 g/mol. The van der Waals surface area contributed by atoms with Crippen LogP contribution in [0, 0.1) is 0 Å². The van der Waals surface area contributed by atoms with Gasteiger partial charge >= 0.3 is 0 Å². The zero-order valence-electron chi connectivity index (χ0n) is 5.05. The van der Waals surface area contributed by atoms with E-state index in [-0.39, 0.29) is 0 Å². The second kappa shape index (κ2) is 4.14. The first-order valence-corrected chi connectivity index (χ1v) is 2.73. The minimum absolute atomic E-state index is 0.764. The molecule has 8 heavy (non-hydrogen) atoms. The maximum atomic E-state index is 4.95.